The topological polar surface area (TPSA) is 41.1 Å². The number of anilines is 1. The van der Waals surface area contributed by atoms with Gasteiger partial charge in [0.1, 0.15) is 6.33 Å². The number of nitrogens with one attached hydrogen (secondary N) is 1. The molecule has 1 fully saturated rings. The molecule has 0 unspecified atom stereocenters. The first-order valence-electron chi connectivity index (χ1n) is 5.59. The number of nitrogens with zero attached hydrogens (tertiary/aromatic N) is 3. The zero-order valence-corrected chi connectivity index (χ0v) is 9.06. The van der Waals surface area contributed by atoms with Crippen LogP contribution in [0, 0.1) is 0 Å². The molecule has 2 aromatic rings. The van der Waals surface area contributed by atoms with Crippen LogP contribution < -0.4 is 10.2 Å². The average Bonchev–Trinajstić information content (AvgIpc) is 2.39. The average molecular weight is 214 g/mol. The van der Waals surface area contributed by atoms with Gasteiger partial charge in [-0.25, -0.2) is 9.97 Å². The zero-order valence-electron chi connectivity index (χ0n) is 9.06. The van der Waals surface area contributed by atoms with Crippen molar-refractivity contribution in [2.75, 3.05) is 31.1 Å². The van der Waals surface area contributed by atoms with Crippen molar-refractivity contribution in [3.05, 3.63) is 30.7 Å². The molecular formula is C12H14N4. The Morgan fingerprint density at radius 1 is 1.19 bits per heavy atom. The highest BCUT2D eigenvalue weighted by Crippen LogP contribution is 2.20. The van der Waals surface area contributed by atoms with E-state index in [1.54, 1.807) is 6.33 Å². The Hall–Kier alpha value is -1.68. The van der Waals surface area contributed by atoms with E-state index in [1.165, 1.54) is 5.69 Å². The summed E-state index contributed by atoms with van der Waals surface area (Å²) >= 11 is 0. The van der Waals surface area contributed by atoms with Crippen molar-refractivity contribution >= 4 is 16.6 Å². The molecule has 0 bridgehead atoms. The summed E-state index contributed by atoms with van der Waals surface area (Å²) in [7, 11) is 0. The molecule has 82 valence electrons. The van der Waals surface area contributed by atoms with Gasteiger partial charge >= 0.3 is 0 Å². The molecule has 1 N–H and O–H groups in total. The molecule has 3 rings (SSSR count). The Labute approximate surface area is 94.3 Å². The highest BCUT2D eigenvalue weighted by molar-refractivity contribution is 5.81. The molecule has 0 saturated carbocycles. The van der Waals surface area contributed by atoms with Crippen LogP contribution in [0.2, 0.25) is 0 Å². The first-order valence-corrected chi connectivity index (χ1v) is 5.59. The minimum Gasteiger partial charge on any atom is -0.369 e. The van der Waals surface area contributed by atoms with E-state index in [2.05, 4.69) is 38.4 Å². The second kappa shape index (κ2) is 4.06. The van der Waals surface area contributed by atoms with E-state index in [4.69, 9.17) is 0 Å². The predicted octanol–water partition coefficient (Wildman–Crippen LogP) is 1.04. The van der Waals surface area contributed by atoms with Crippen LogP contribution in [-0.2, 0) is 0 Å². The van der Waals surface area contributed by atoms with Crippen LogP contribution in [0.15, 0.2) is 30.7 Å². The summed E-state index contributed by atoms with van der Waals surface area (Å²) in [6.07, 6.45) is 3.45. The molecule has 1 aliphatic rings. The van der Waals surface area contributed by atoms with E-state index in [9.17, 15) is 0 Å². The molecule has 0 spiro atoms. The largest absolute Gasteiger partial charge is 0.369 e. The maximum absolute atomic E-state index is 4.28. The summed E-state index contributed by atoms with van der Waals surface area (Å²) in [6, 6.07) is 6.38. The highest BCUT2D eigenvalue weighted by Gasteiger charge is 2.10. The SMILES string of the molecule is c1ncc2ccc(N3CCNCC3)cc2n1. The van der Waals surface area contributed by atoms with Gasteiger partial charge in [-0.3, -0.25) is 0 Å². The molecule has 4 nitrogen and oxygen atoms in total. The fourth-order valence-electron chi connectivity index (χ4n) is 2.08. The van der Waals surface area contributed by atoms with Crippen molar-refractivity contribution in [3.8, 4) is 0 Å². The Kier molecular flexibility index (Phi) is 2.42. The standard InChI is InChI=1S/C12H14N4/c1-2-11(16-5-3-13-4-6-16)7-12-10(1)8-14-9-15-12/h1-2,7-9,13H,3-6H2. The summed E-state index contributed by atoms with van der Waals surface area (Å²) in [6.45, 7) is 4.25. The third-order valence-corrected chi connectivity index (χ3v) is 2.97. The van der Waals surface area contributed by atoms with Crippen LogP contribution in [-0.4, -0.2) is 36.1 Å². The van der Waals surface area contributed by atoms with E-state index in [0.29, 0.717) is 0 Å². The van der Waals surface area contributed by atoms with Crippen LogP contribution in [0.5, 0.6) is 0 Å². The van der Waals surface area contributed by atoms with E-state index in [0.717, 1.165) is 37.1 Å². The van der Waals surface area contributed by atoms with Crippen LogP contribution in [0.4, 0.5) is 5.69 Å². The quantitative estimate of drug-likeness (QED) is 0.770. The lowest BCUT2D eigenvalue weighted by Crippen LogP contribution is -2.43. The van der Waals surface area contributed by atoms with Gasteiger partial charge in [0.15, 0.2) is 0 Å². The van der Waals surface area contributed by atoms with E-state index in [-0.39, 0.29) is 0 Å². The van der Waals surface area contributed by atoms with Gasteiger partial charge in [-0.1, -0.05) is 0 Å². The zero-order chi connectivity index (χ0) is 10.8. The number of rotatable bonds is 1. The Morgan fingerprint density at radius 2 is 2.06 bits per heavy atom. The molecule has 1 aromatic heterocycles. The Morgan fingerprint density at radius 3 is 2.94 bits per heavy atom. The molecule has 0 atom stereocenters. The Bertz CT molecular complexity index is 491. The maximum atomic E-state index is 4.28. The minimum absolute atomic E-state index is 1.02. The number of aromatic nitrogens is 2. The first-order chi connectivity index (χ1) is 7.93. The van der Waals surface area contributed by atoms with E-state index >= 15 is 0 Å². The lowest BCUT2D eigenvalue weighted by atomic mass is 10.2. The number of hydrogen-bond donors (Lipinski definition) is 1. The number of benzene rings is 1. The summed E-state index contributed by atoms with van der Waals surface area (Å²) in [5.74, 6) is 0. The molecule has 4 heteroatoms. The van der Waals surface area contributed by atoms with Crippen molar-refractivity contribution in [2.24, 2.45) is 0 Å². The fraction of sp³-hybridized carbons (Fsp3) is 0.333. The van der Waals surface area contributed by atoms with Gasteiger partial charge in [0.05, 0.1) is 5.52 Å². The van der Waals surface area contributed by atoms with Crippen molar-refractivity contribution in [3.63, 3.8) is 0 Å². The molecule has 0 radical (unpaired) electrons. The summed E-state index contributed by atoms with van der Waals surface area (Å²) in [5.41, 5.74) is 2.28. The van der Waals surface area contributed by atoms with Crippen molar-refractivity contribution < 1.29 is 0 Å². The first kappa shape index (κ1) is 9.54. The molecule has 1 aliphatic heterocycles. The van der Waals surface area contributed by atoms with E-state index < -0.39 is 0 Å². The van der Waals surface area contributed by atoms with Gasteiger partial charge < -0.3 is 10.2 Å². The summed E-state index contributed by atoms with van der Waals surface area (Å²) in [5, 5.41) is 4.45. The van der Waals surface area contributed by atoms with Gasteiger partial charge in [0.2, 0.25) is 0 Å². The van der Waals surface area contributed by atoms with Gasteiger partial charge in [-0.15, -0.1) is 0 Å². The van der Waals surface area contributed by atoms with E-state index in [1.807, 2.05) is 6.20 Å². The molecule has 1 aromatic carbocycles. The maximum Gasteiger partial charge on any atom is 0.116 e. The smallest absolute Gasteiger partial charge is 0.116 e. The third-order valence-electron chi connectivity index (χ3n) is 2.97. The normalized spacial score (nSPS) is 16.6. The number of fused-ring (bicyclic) bond motifs is 1. The van der Waals surface area contributed by atoms with Crippen LogP contribution in [0.25, 0.3) is 10.9 Å². The molecule has 0 amide bonds. The molecular weight excluding hydrogens is 200 g/mol. The summed E-state index contributed by atoms with van der Waals surface area (Å²) in [4.78, 5) is 10.7. The predicted molar refractivity (Wildman–Crippen MR) is 64.6 cm³/mol. The van der Waals surface area contributed by atoms with Crippen LogP contribution >= 0.6 is 0 Å². The van der Waals surface area contributed by atoms with Gasteiger partial charge in [-0.2, -0.15) is 0 Å². The lowest BCUT2D eigenvalue weighted by molar-refractivity contribution is 0.589. The summed E-state index contributed by atoms with van der Waals surface area (Å²) < 4.78 is 0. The van der Waals surface area contributed by atoms with Crippen molar-refractivity contribution in [2.45, 2.75) is 0 Å². The van der Waals surface area contributed by atoms with Gasteiger partial charge in [0, 0.05) is 43.4 Å². The second-order valence-corrected chi connectivity index (χ2v) is 4.00. The monoisotopic (exact) mass is 214 g/mol. The van der Waals surface area contributed by atoms with Crippen molar-refractivity contribution in [1.29, 1.82) is 0 Å². The van der Waals surface area contributed by atoms with Crippen LogP contribution in [0.1, 0.15) is 0 Å². The number of hydrogen-bond acceptors (Lipinski definition) is 4. The van der Waals surface area contributed by atoms with Gasteiger partial charge in [-0.05, 0) is 18.2 Å². The van der Waals surface area contributed by atoms with Gasteiger partial charge in [0.25, 0.3) is 0 Å². The second-order valence-electron chi connectivity index (χ2n) is 4.00. The Balaban J connectivity index is 1.97. The third kappa shape index (κ3) is 1.72. The van der Waals surface area contributed by atoms with Crippen LogP contribution in [0.3, 0.4) is 0 Å². The lowest BCUT2D eigenvalue weighted by Gasteiger charge is -2.29. The molecule has 0 aliphatic carbocycles. The molecule has 1 saturated heterocycles. The van der Waals surface area contributed by atoms with Crippen molar-refractivity contribution in [1.82, 2.24) is 15.3 Å². The molecule has 2 heterocycles. The number of piperazine rings is 1. The fourth-order valence-corrected chi connectivity index (χ4v) is 2.08. The highest BCUT2D eigenvalue weighted by atomic mass is 15.2. The molecule has 16 heavy (non-hydrogen) atoms. The minimum atomic E-state index is 1.02.